The van der Waals surface area contributed by atoms with Gasteiger partial charge < -0.3 is 19.5 Å². The quantitative estimate of drug-likeness (QED) is 0.787. The fraction of sp³-hybridized carbons (Fsp3) is 0.632. The Morgan fingerprint density at radius 2 is 1.97 bits per heavy atom. The van der Waals surface area contributed by atoms with E-state index in [0.29, 0.717) is 54.8 Å². The standard InChI is InChI=1S/C19H26N6O4/c1-10-16(11(2)29-24-10)19(27)25-9-14(8-15(25)17-20-12(3)22-23-17)21-18(26)13-4-6-28-7-5-13/h13-15H,4-9H2,1-3H3,(H,21,26)(H,20,22,23)/t14-,15-/m0/s1. The molecular weight excluding hydrogens is 376 g/mol. The highest BCUT2D eigenvalue weighted by atomic mass is 16.5. The van der Waals surface area contributed by atoms with E-state index in [-0.39, 0.29) is 29.8 Å². The van der Waals surface area contributed by atoms with Crippen molar-refractivity contribution in [2.75, 3.05) is 19.8 Å². The average Bonchev–Trinajstić information content (AvgIpc) is 3.41. The Balaban J connectivity index is 1.54. The van der Waals surface area contributed by atoms with Crippen molar-refractivity contribution in [3.05, 3.63) is 28.7 Å². The number of nitrogens with zero attached hydrogens (tertiary/aromatic N) is 4. The van der Waals surface area contributed by atoms with Gasteiger partial charge in [-0.25, -0.2) is 4.98 Å². The van der Waals surface area contributed by atoms with E-state index >= 15 is 0 Å². The van der Waals surface area contributed by atoms with Gasteiger partial charge in [-0.05, 0) is 40.0 Å². The van der Waals surface area contributed by atoms with E-state index in [0.717, 1.165) is 12.8 Å². The largest absolute Gasteiger partial charge is 0.381 e. The maximum atomic E-state index is 13.3. The molecule has 2 amide bonds. The molecule has 156 valence electrons. The number of H-pyrrole nitrogens is 1. The molecule has 0 saturated carbocycles. The van der Waals surface area contributed by atoms with E-state index in [1.165, 1.54) is 0 Å². The second-order valence-electron chi connectivity index (χ2n) is 7.78. The molecule has 0 aromatic carbocycles. The Hall–Kier alpha value is -2.75. The van der Waals surface area contributed by atoms with Gasteiger partial charge >= 0.3 is 0 Å². The van der Waals surface area contributed by atoms with Crippen LogP contribution in [-0.2, 0) is 9.53 Å². The molecule has 0 unspecified atom stereocenters. The second-order valence-corrected chi connectivity index (χ2v) is 7.78. The van der Waals surface area contributed by atoms with Crippen molar-refractivity contribution in [3.63, 3.8) is 0 Å². The zero-order valence-electron chi connectivity index (χ0n) is 16.9. The Kier molecular flexibility index (Phi) is 5.35. The summed E-state index contributed by atoms with van der Waals surface area (Å²) in [5, 5.41) is 14.1. The van der Waals surface area contributed by atoms with E-state index in [1.807, 2.05) is 6.92 Å². The highest BCUT2D eigenvalue weighted by Crippen LogP contribution is 2.33. The lowest BCUT2D eigenvalue weighted by Crippen LogP contribution is -2.42. The molecule has 2 atom stereocenters. The fourth-order valence-corrected chi connectivity index (χ4v) is 4.13. The van der Waals surface area contributed by atoms with E-state index < -0.39 is 0 Å². The number of carbonyl (C=O) groups is 2. The fourth-order valence-electron chi connectivity index (χ4n) is 4.13. The summed E-state index contributed by atoms with van der Waals surface area (Å²) in [5.41, 5.74) is 1.01. The van der Waals surface area contributed by atoms with Crippen molar-refractivity contribution in [2.24, 2.45) is 5.92 Å². The van der Waals surface area contributed by atoms with Crippen molar-refractivity contribution in [2.45, 2.75) is 52.1 Å². The molecule has 4 rings (SSSR count). The zero-order valence-corrected chi connectivity index (χ0v) is 16.9. The monoisotopic (exact) mass is 402 g/mol. The minimum atomic E-state index is -0.332. The lowest BCUT2D eigenvalue weighted by atomic mass is 9.99. The number of aromatic amines is 1. The average molecular weight is 402 g/mol. The maximum Gasteiger partial charge on any atom is 0.260 e. The summed E-state index contributed by atoms with van der Waals surface area (Å²) in [5.74, 6) is 1.50. The predicted molar refractivity (Wildman–Crippen MR) is 101 cm³/mol. The van der Waals surface area contributed by atoms with Gasteiger partial charge in [-0.15, -0.1) is 0 Å². The summed E-state index contributed by atoms with van der Waals surface area (Å²) < 4.78 is 10.5. The number of hydrogen-bond donors (Lipinski definition) is 2. The van der Waals surface area contributed by atoms with Gasteiger partial charge in [0.15, 0.2) is 5.82 Å². The lowest BCUT2D eigenvalue weighted by Gasteiger charge is -2.23. The SMILES string of the molecule is Cc1nc([C@@H]2C[C@H](NC(=O)C3CCOCC3)CN2C(=O)c2c(C)noc2C)n[nH]1. The molecule has 29 heavy (non-hydrogen) atoms. The number of hydrogen-bond acceptors (Lipinski definition) is 7. The van der Waals surface area contributed by atoms with E-state index in [1.54, 1.807) is 18.7 Å². The maximum absolute atomic E-state index is 13.3. The number of amides is 2. The highest BCUT2D eigenvalue weighted by Gasteiger charge is 2.41. The van der Waals surface area contributed by atoms with Gasteiger partial charge in [0.05, 0.1) is 11.7 Å². The van der Waals surface area contributed by atoms with Gasteiger partial charge in [0, 0.05) is 31.7 Å². The first-order chi connectivity index (χ1) is 13.9. The number of ether oxygens (including phenoxy) is 1. The zero-order chi connectivity index (χ0) is 20.5. The number of aryl methyl sites for hydroxylation is 3. The molecule has 2 aliphatic rings. The van der Waals surface area contributed by atoms with Crippen LogP contribution in [0.2, 0.25) is 0 Å². The number of carbonyl (C=O) groups excluding carboxylic acids is 2. The normalized spacial score (nSPS) is 22.8. The molecule has 2 aromatic rings. The molecule has 0 bridgehead atoms. The molecular formula is C19H26N6O4. The van der Waals surface area contributed by atoms with Crippen LogP contribution in [0.4, 0.5) is 0 Å². The van der Waals surface area contributed by atoms with Gasteiger partial charge in [0.1, 0.15) is 17.1 Å². The first-order valence-corrected chi connectivity index (χ1v) is 9.95. The number of rotatable bonds is 4. The molecule has 10 nitrogen and oxygen atoms in total. The summed E-state index contributed by atoms with van der Waals surface area (Å²) >= 11 is 0. The van der Waals surface area contributed by atoms with Crippen LogP contribution in [-0.4, -0.2) is 62.9 Å². The third kappa shape index (κ3) is 3.89. The molecule has 0 spiro atoms. The molecule has 2 saturated heterocycles. The van der Waals surface area contributed by atoms with Crippen molar-refractivity contribution >= 4 is 11.8 Å². The third-order valence-corrected chi connectivity index (χ3v) is 5.66. The molecule has 2 aromatic heterocycles. The Morgan fingerprint density at radius 3 is 2.59 bits per heavy atom. The van der Waals surface area contributed by atoms with Crippen LogP contribution < -0.4 is 5.32 Å². The van der Waals surface area contributed by atoms with Crippen LogP contribution in [0.5, 0.6) is 0 Å². The van der Waals surface area contributed by atoms with E-state index in [9.17, 15) is 9.59 Å². The highest BCUT2D eigenvalue weighted by molar-refractivity contribution is 5.96. The van der Waals surface area contributed by atoms with Gasteiger partial charge in [-0.3, -0.25) is 14.7 Å². The predicted octanol–water partition coefficient (Wildman–Crippen LogP) is 1.22. The van der Waals surface area contributed by atoms with Gasteiger partial charge in [-0.2, -0.15) is 5.10 Å². The van der Waals surface area contributed by atoms with Crippen LogP contribution in [0, 0.1) is 26.7 Å². The summed E-state index contributed by atoms with van der Waals surface area (Å²) in [4.78, 5) is 32.1. The second kappa shape index (κ2) is 7.94. The van der Waals surface area contributed by atoms with E-state index in [4.69, 9.17) is 9.26 Å². The molecule has 2 fully saturated rings. The van der Waals surface area contributed by atoms with Crippen LogP contribution in [0.15, 0.2) is 4.52 Å². The first-order valence-electron chi connectivity index (χ1n) is 9.95. The van der Waals surface area contributed by atoms with Crippen LogP contribution in [0.3, 0.4) is 0 Å². The smallest absolute Gasteiger partial charge is 0.260 e. The number of nitrogens with one attached hydrogen (secondary N) is 2. The van der Waals surface area contributed by atoms with Crippen molar-refractivity contribution in [1.29, 1.82) is 0 Å². The van der Waals surface area contributed by atoms with E-state index in [2.05, 4.69) is 25.7 Å². The molecule has 0 radical (unpaired) electrons. The van der Waals surface area contributed by atoms with Crippen LogP contribution in [0.25, 0.3) is 0 Å². The molecule has 2 aliphatic heterocycles. The van der Waals surface area contributed by atoms with Crippen LogP contribution >= 0.6 is 0 Å². The van der Waals surface area contributed by atoms with Gasteiger partial charge in [-0.1, -0.05) is 5.16 Å². The van der Waals surface area contributed by atoms with Crippen molar-refractivity contribution in [3.8, 4) is 0 Å². The minimum Gasteiger partial charge on any atom is -0.381 e. The number of aromatic nitrogens is 4. The summed E-state index contributed by atoms with van der Waals surface area (Å²) in [6.45, 7) is 6.89. The van der Waals surface area contributed by atoms with Gasteiger partial charge in [0.25, 0.3) is 5.91 Å². The first kappa shape index (κ1) is 19.6. The molecule has 4 heterocycles. The van der Waals surface area contributed by atoms with Crippen LogP contribution in [0.1, 0.15) is 58.8 Å². The summed E-state index contributed by atoms with van der Waals surface area (Å²) in [6, 6.07) is -0.500. The van der Waals surface area contributed by atoms with Crippen molar-refractivity contribution in [1.82, 2.24) is 30.6 Å². The molecule has 10 heteroatoms. The van der Waals surface area contributed by atoms with Crippen molar-refractivity contribution < 1.29 is 18.8 Å². The topological polar surface area (TPSA) is 126 Å². The molecule has 0 aliphatic carbocycles. The summed E-state index contributed by atoms with van der Waals surface area (Å²) in [6.07, 6.45) is 2.01. The molecule has 2 N–H and O–H groups in total. The summed E-state index contributed by atoms with van der Waals surface area (Å²) in [7, 11) is 0. The Bertz CT molecular complexity index is 881. The lowest BCUT2D eigenvalue weighted by molar-refractivity contribution is -0.128. The Labute approximate surface area is 168 Å². The minimum absolute atomic E-state index is 0.0230. The Morgan fingerprint density at radius 1 is 1.21 bits per heavy atom. The van der Waals surface area contributed by atoms with Gasteiger partial charge in [0.2, 0.25) is 5.91 Å². The number of likely N-dealkylation sites (tertiary alicyclic amines) is 1. The third-order valence-electron chi connectivity index (χ3n) is 5.66.